The van der Waals surface area contributed by atoms with Gasteiger partial charge in [-0.1, -0.05) is 45.4 Å². The predicted molar refractivity (Wildman–Crippen MR) is 68.8 cm³/mol. The Morgan fingerprint density at radius 2 is 2.06 bits per heavy atom. The Morgan fingerprint density at radius 3 is 2.76 bits per heavy atom. The SMILES string of the molecule is CCNCc1ncc(CC2CCCCCC2)o1. The summed E-state index contributed by atoms with van der Waals surface area (Å²) >= 11 is 0. The summed E-state index contributed by atoms with van der Waals surface area (Å²) in [5, 5.41) is 3.24. The molecular weight excluding hydrogens is 212 g/mol. The first-order valence-electron chi connectivity index (χ1n) is 7.02. The van der Waals surface area contributed by atoms with Gasteiger partial charge in [0.2, 0.25) is 5.89 Å². The van der Waals surface area contributed by atoms with E-state index in [4.69, 9.17) is 4.42 Å². The van der Waals surface area contributed by atoms with Crippen molar-refractivity contribution < 1.29 is 4.42 Å². The minimum atomic E-state index is 0.751. The second kappa shape index (κ2) is 6.80. The fraction of sp³-hybridized carbons (Fsp3) is 0.786. The Kier molecular flexibility index (Phi) is 5.05. The molecule has 1 heterocycles. The molecule has 2 rings (SSSR count). The van der Waals surface area contributed by atoms with E-state index >= 15 is 0 Å². The molecule has 3 nitrogen and oxygen atoms in total. The van der Waals surface area contributed by atoms with Gasteiger partial charge < -0.3 is 9.73 Å². The normalized spacial score (nSPS) is 18.2. The zero-order chi connectivity index (χ0) is 11.9. The van der Waals surface area contributed by atoms with Crippen LogP contribution in [0.15, 0.2) is 10.6 Å². The van der Waals surface area contributed by atoms with Gasteiger partial charge in [-0.25, -0.2) is 4.98 Å². The number of oxazole rings is 1. The molecule has 0 saturated heterocycles. The van der Waals surface area contributed by atoms with Crippen molar-refractivity contribution in [3.63, 3.8) is 0 Å². The fourth-order valence-corrected chi connectivity index (χ4v) is 2.61. The number of nitrogens with zero attached hydrogens (tertiary/aromatic N) is 1. The summed E-state index contributed by atoms with van der Waals surface area (Å²) < 4.78 is 5.76. The van der Waals surface area contributed by atoms with Crippen molar-refractivity contribution in [2.24, 2.45) is 5.92 Å². The maximum atomic E-state index is 5.76. The molecule has 1 aromatic heterocycles. The molecule has 1 aliphatic rings. The molecule has 0 aromatic carbocycles. The molecule has 0 atom stereocenters. The summed E-state index contributed by atoms with van der Waals surface area (Å²) in [5.74, 6) is 2.72. The highest BCUT2D eigenvalue weighted by Gasteiger charge is 2.15. The summed E-state index contributed by atoms with van der Waals surface area (Å²) in [7, 11) is 0. The Hall–Kier alpha value is -0.830. The van der Waals surface area contributed by atoms with Crippen LogP contribution in [0.4, 0.5) is 0 Å². The van der Waals surface area contributed by atoms with Gasteiger partial charge in [-0.15, -0.1) is 0 Å². The van der Waals surface area contributed by atoms with E-state index in [2.05, 4.69) is 17.2 Å². The van der Waals surface area contributed by atoms with Gasteiger partial charge in [0.15, 0.2) is 0 Å². The van der Waals surface area contributed by atoms with Crippen LogP contribution in [0.3, 0.4) is 0 Å². The van der Waals surface area contributed by atoms with E-state index in [1.165, 1.54) is 38.5 Å². The van der Waals surface area contributed by atoms with E-state index in [9.17, 15) is 0 Å². The number of hydrogen-bond donors (Lipinski definition) is 1. The molecule has 1 aliphatic carbocycles. The maximum Gasteiger partial charge on any atom is 0.208 e. The average Bonchev–Trinajstić information content (AvgIpc) is 2.61. The minimum Gasteiger partial charge on any atom is -0.444 e. The Labute approximate surface area is 104 Å². The van der Waals surface area contributed by atoms with Gasteiger partial charge in [0.1, 0.15) is 5.76 Å². The zero-order valence-electron chi connectivity index (χ0n) is 10.9. The topological polar surface area (TPSA) is 38.1 Å². The first-order valence-corrected chi connectivity index (χ1v) is 7.02. The van der Waals surface area contributed by atoms with E-state index in [1.807, 2.05) is 6.20 Å². The molecule has 1 N–H and O–H groups in total. The molecule has 0 unspecified atom stereocenters. The molecule has 0 radical (unpaired) electrons. The van der Waals surface area contributed by atoms with Gasteiger partial charge in [0.05, 0.1) is 12.7 Å². The maximum absolute atomic E-state index is 5.76. The molecule has 1 saturated carbocycles. The Balaban J connectivity index is 1.82. The molecule has 0 bridgehead atoms. The van der Waals surface area contributed by atoms with Gasteiger partial charge >= 0.3 is 0 Å². The third-order valence-corrected chi connectivity index (χ3v) is 3.59. The highest BCUT2D eigenvalue weighted by atomic mass is 16.4. The summed E-state index contributed by atoms with van der Waals surface area (Å²) in [5.41, 5.74) is 0. The van der Waals surface area contributed by atoms with Crippen molar-refractivity contribution in [2.75, 3.05) is 6.54 Å². The van der Waals surface area contributed by atoms with Crippen LogP contribution in [0, 0.1) is 5.92 Å². The van der Waals surface area contributed by atoms with Crippen LogP contribution in [0.1, 0.15) is 57.1 Å². The molecule has 0 spiro atoms. The standard InChI is InChI=1S/C14H24N2O/c1-2-15-11-14-16-10-13(17-14)9-12-7-5-3-4-6-8-12/h10,12,15H,2-9,11H2,1H3. The van der Waals surface area contributed by atoms with Crippen LogP contribution in [0.5, 0.6) is 0 Å². The smallest absolute Gasteiger partial charge is 0.208 e. The fourth-order valence-electron chi connectivity index (χ4n) is 2.61. The van der Waals surface area contributed by atoms with Gasteiger partial charge in [-0.2, -0.15) is 0 Å². The number of rotatable bonds is 5. The molecular formula is C14H24N2O. The third-order valence-electron chi connectivity index (χ3n) is 3.59. The summed E-state index contributed by atoms with van der Waals surface area (Å²) in [6.45, 7) is 3.80. The second-order valence-corrected chi connectivity index (χ2v) is 5.06. The van der Waals surface area contributed by atoms with Crippen LogP contribution in [0.25, 0.3) is 0 Å². The summed E-state index contributed by atoms with van der Waals surface area (Å²) in [6.07, 6.45) is 11.3. The van der Waals surface area contributed by atoms with Crippen LogP contribution in [-0.2, 0) is 13.0 Å². The third kappa shape index (κ3) is 4.15. The van der Waals surface area contributed by atoms with Crippen molar-refractivity contribution in [1.29, 1.82) is 0 Å². The molecule has 1 fully saturated rings. The quantitative estimate of drug-likeness (QED) is 0.797. The molecule has 17 heavy (non-hydrogen) atoms. The van der Waals surface area contributed by atoms with E-state index in [1.54, 1.807) is 0 Å². The Bertz CT molecular complexity index is 314. The number of nitrogens with one attached hydrogen (secondary N) is 1. The van der Waals surface area contributed by atoms with Gasteiger partial charge in [-0.05, 0) is 12.5 Å². The average molecular weight is 236 g/mol. The molecule has 0 amide bonds. The van der Waals surface area contributed by atoms with Crippen LogP contribution >= 0.6 is 0 Å². The van der Waals surface area contributed by atoms with E-state index < -0.39 is 0 Å². The molecule has 0 aliphatic heterocycles. The van der Waals surface area contributed by atoms with Crippen molar-refractivity contribution in [3.8, 4) is 0 Å². The van der Waals surface area contributed by atoms with Gasteiger partial charge in [0.25, 0.3) is 0 Å². The number of aromatic nitrogens is 1. The van der Waals surface area contributed by atoms with Gasteiger partial charge in [-0.3, -0.25) is 0 Å². The first kappa shape index (κ1) is 12.6. The van der Waals surface area contributed by atoms with Crippen LogP contribution in [-0.4, -0.2) is 11.5 Å². The van der Waals surface area contributed by atoms with Crippen molar-refractivity contribution in [2.45, 2.75) is 58.4 Å². The highest BCUT2D eigenvalue weighted by Crippen LogP contribution is 2.26. The summed E-state index contributed by atoms with van der Waals surface area (Å²) in [6, 6.07) is 0. The number of hydrogen-bond acceptors (Lipinski definition) is 3. The lowest BCUT2D eigenvalue weighted by Gasteiger charge is -2.11. The predicted octanol–water partition coefficient (Wildman–Crippen LogP) is 3.30. The van der Waals surface area contributed by atoms with Crippen LogP contribution < -0.4 is 5.32 Å². The largest absolute Gasteiger partial charge is 0.444 e. The second-order valence-electron chi connectivity index (χ2n) is 5.06. The highest BCUT2D eigenvalue weighted by molar-refractivity contribution is 4.96. The molecule has 1 aromatic rings. The monoisotopic (exact) mass is 236 g/mol. The lowest BCUT2D eigenvalue weighted by Crippen LogP contribution is -2.11. The first-order chi connectivity index (χ1) is 8.38. The van der Waals surface area contributed by atoms with Crippen molar-refractivity contribution >= 4 is 0 Å². The molecule has 3 heteroatoms. The van der Waals surface area contributed by atoms with E-state index in [0.717, 1.165) is 37.1 Å². The van der Waals surface area contributed by atoms with Crippen LogP contribution in [0.2, 0.25) is 0 Å². The summed E-state index contributed by atoms with van der Waals surface area (Å²) in [4.78, 5) is 4.31. The lowest BCUT2D eigenvalue weighted by atomic mass is 9.96. The van der Waals surface area contributed by atoms with Crippen molar-refractivity contribution in [1.82, 2.24) is 10.3 Å². The molecule has 96 valence electrons. The lowest BCUT2D eigenvalue weighted by molar-refractivity contribution is 0.381. The van der Waals surface area contributed by atoms with Gasteiger partial charge in [0, 0.05) is 6.42 Å². The zero-order valence-corrected chi connectivity index (χ0v) is 10.9. The minimum absolute atomic E-state index is 0.751. The van der Waals surface area contributed by atoms with E-state index in [0.29, 0.717) is 0 Å². The Morgan fingerprint density at radius 1 is 1.29 bits per heavy atom. The van der Waals surface area contributed by atoms with E-state index in [-0.39, 0.29) is 0 Å². The van der Waals surface area contributed by atoms with Crippen molar-refractivity contribution in [3.05, 3.63) is 17.8 Å².